The molecule has 5 heteroatoms. The number of anilines is 1. The summed E-state index contributed by atoms with van der Waals surface area (Å²) in [5.74, 6) is 0. The molecule has 0 heterocycles. The average molecular weight is 402 g/mol. The summed E-state index contributed by atoms with van der Waals surface area (Å²) < 4.78 is 28.1. The van der Waals surface area contributed by atoms with Crippen molar-refractivity contribution >= 4 is 31.6 Å². The van der Waals surface area contributed by atoms with E-state index < -0.39 is 10.0 Å². The summed E-state index contributed by atoms with van der Waals surface area (Å²) in [6.07, 6.45) is 0.818. The van der Waals surface area contributed by atoms with Crippen LogP contribution in [0.5, 0.6) is 0 Å². The number of sulfonamides is 1. The van der Waals surface area contributed by atoms with Crippen molar-refractivity contribution in [1.29, 1.82) is 0 Å². The second-order valence-electron chi connectivity index (χ2n) is 5.40. The van der Waals surface area contributed by atoms with Crippen molar-refractivity contribution in [1.82, 2.24) is 0 Å². The molecule has 0 atom stereocenters. The minimum Gasteiger partial charge on any atom is -0.280 e. The first-order chi connectivity index (χ1) is 11.5. The van der Waals surface area contributed by atoms with Crippen LogP contribution in [-0.2, 0) is 16.4 Å². The van der Waals surface area contributed by atoms with Crippen molar-refractivity contribution in [2.24, 2.45) is 0 Å². The van der Waals surface area contributed by atoms with Crippen LogP contribution in [0.3, 0.4) is 0 Å². The van der Waals surface area contributed by atoms with Crippen LogP contribution < -0.4 is 4.72 Å². The van der Waals surface area contributed by atoms with E-state index in [-0.39, 0.29) is 4.90 Å². The molecule has 0 aromatic heterocycles. The summed E-state index contributed by atoms with van der Waals surface area (Å²) in [5.41, 5.74) is 2.90. The van der Waals surface area contributed by atoms with Gasteiger partial charge in [-0.2, -0.15) is 0 Å². The number of benzene rings is 3. The van der Waals surface area contributed by atoms with Gasteiger partial charge in [-0.25, -0.2) is 8.42 Å². The molecule has 0 aliphatic carbocycles. The van der Waals surface area contributed by atoms with Crippen LogP contribution in [0.2, 0.25) is 0 Å². The van der Waals surface area contributed by atoms with Crippen molar-refractivity contribution in [3.05, 3.63) is 94.5 Å². The topological polar surface area (TPSA) is 46.2 Å². The van der Waals surface area contributed by atoms with Crippen LogP contribution in [0.25, 0.3) is 0 Å². The second kappa shape index (κ2) is 7.20. The van der Waals surface area contributed by atoms with E-state index in [1.165, 1.54) is 5.56 Å². The molecule has 0 fully saturated rings. The zero-order valence-electron chi connectivity index (χ0n) is 12.8. The first kappa shape index (κ1) is 16.7. The molecule has 0 unspecified atom stereocenters. The summed E-state index contributed by atoms with van der Waals surface area (Å²) in [6, 6.07) is 24.3. The van der Waals surface area contributed by atoms with E-state index in [2.05, 4.69) is 32.8 Å². The second-order valence-corrected chi connectivity index (χ2v) is 7.90. The molecule has 0 aliphatic rings. The van der Waals surface area contributed by atoms with Gasteiger partial charge in [0.25, 0.3) is 10.0 Å². The molecule has 24 heavy (non-hydrogen) atoms. The van der Waals surface area contributed by atoms with Gasteiger partial charge < -0.3 is 0 Å². The Morgan fingerprint density at radius 2 is 1.33 bits per heavy atom. The van der Waals surface area contributed by atoms with Crippen LogP contribution in [0.15, 0.2) is 88.2 Å². The van der Waals surface area contributed by atoms with Gasteiger partial charge in [0.05, 0.1) is 0 Å². The lowest BCUT2D eigenvalue weighted by molar-refractivity contribution is 0.601. The minimum atomic E-state index is -3.61. The van der Waals surface area contributed by atoms with Gasteiger partial charge in [-0.1, -0.05) is 54.6 Å². The van der Waals surface area contributed by atoms with E-state index in [0.717, 1.165) is 12.0 Å². The van der Waals surface area contributed by atoms with Crippen LogP contribution in [0.1, 0.15) is 11.1 Å². The zero-order valence-corrected chi connectivity index (χ0v) is 15.2. The minimum absolute atomic E-state index is 0.221. The van der Waals surface area contributed by atoms with E-state index in [0.29, 0.717) is 10.2 Å². The van der Waals surface area contributed by atoms with Crippen LogP contribution in [-0.4, -0.2) is 8.42 Å². The molecule has 3 rings (SSSR count). The van der Waals surface area contributed by atoms with Crippen LogP contribution in [0.4, 0.5) is 5.69 Å². The first-order valence-electron chi connectivity index (χ1n) is 7.45. The fraction of sp³-hybridized carbons (Fsp3) is 0.0526. The standard InChI is InChI=1S/C19H16BrNO2S/c20-18-8-4-5-9-19(18)24(22,23)21-17-12-10-16(11-13-17)14-15-6-2-1-3-7-15/h1-13,21H,14H2. The Labute approximate surface area is 150 Å². The fourth-order valence-corrected chi connectivity index (χ4v) is 4.46. The molecule has 3 aromatic rings. The number of nitrogens with one attached hydrogen (secondary N) is 1. The highest BCUT2D eigenvalue weighted by Gasteiger charge is 2.16. The van der Waals surface area contributed by atoms with Gasteiger partial charge in [0.15, 0.2) is 0 Å². The lowest BCUT2D eigenvalue weighted by Gasteiger charge is -2.10. The Balaban J connectivity index is 1.76. The van der Waals surface area contributed by atoms with E-state index in [9.17, 15) is 8.42 Å². The third-order valence-corrected chi connectivity index (χ3v) is 5.98. The molecule has 0 bridgehead atoms. The van der Waals surface area contributed by atoms with E-state index in [4.69, 9.17) is 0 Å². The largest absolute Gasteiger partial charge is 0.280 e. The lowest BCUT2D eigenvalue weighted by atomic mass is 10.1. The fourth-order valence-electron chi connectivity index (χ4n) is 2.39. The van der Waals surface area contributed by atoms with Crippen molar-refractivity contribution in [3.8, 4) is 0 Å². The Morgan fingerprint density at radius 3 is 2.00 bits per heavy atom. The molecular weight excluding hydrogens is 386 g/mol. The van der Waals surface area contributed by atoms with Crippen molar-refractivity contribution in [2.45, 2.75) is 11.3 Å². The number of hydrogen-bond donors (Lipinski definition) is 1. The Hall–Kier alpha value is -2.11. The molecular formula is C19H16BrNO2S. The smallest absolute Gasteiger partial charge is 0.263 e. The van der Waals surface area contributed by atoms with Crippen LogP contribution >= 0.6 is 15.9 Å². The van der Waals surface area contributed by atoms with Gasteiger partial charge >= 0.3 is 0 Å². The van der Waals surface area contributed by atoms with E-state index in [1.807, 2.05) is 30.3 Å². The third-order valence-electron chi connectivity index (χ3n) is 3.58. The van der Waals surface area contributed by atoms with Crippen molar-refractivity contribution in [2.75, 3.05) is 4.72 Å². The summed E-state index contributed by atoms with van der Waals surface area (Å²) >= 11 is 3.27. The van der Waals surface area contributed by atoms with Gasteiger partial charge in [0.2, 0.25) is 0 Å². The quantitative estimate of drug-likeness (QED) is 0.664. The average Bonchev–Trinajstić information content (AvgIpc) is 2.58. The zero-order chi connectivity index (χ0) is 17.0. The van der Waals surface area contributed by atoms with Crippen molar-refractivity contribution < 1.29 is 8.42 Å². The van der Waals surface area contributed by atoms with Crippen LogP contribution in [0, 0.1) is 0 Å². The van der Waals surface area contributed by atoms with Gasteiger partial charge in [-0.15, -0.1) is 0 Å². The molecule has 1 N–H and O–H groups in total. The molecule has 0 radical (unpaired) electrons. The van der Waals surface area contributed by atoms with Gasteiger partial charge in [-0.05, 0) is 57.7 Å². The summed E-state index contributed by atoms with van der Waals surface area (Å²) in [7, 11) is -3.61. The number of rotatable bonds is 5. The van der Waals surface area contributed by atoms with Gasteiger partial charge in [0.1, 0.15) is 4.90 Å². The SMILES string of the molecule is O=S(=O)(Nc1ccc(Cc2ccccc2)cc1)c1ccccc1Br. The lowest BCUT2D eigenvalue weighted by Crippen LogP contribution is -2.13. The third kappa shape index (κ3) is 4.04. The predicted octanol–water partition coefficient (Wildman–Crippen LogP) is 4.84. The first-order valence-corrected chi connectivity index (χ1v) is 9.72. The molecule has 0 amide bonds. The highest BCUT2D eigenvalue weighted by atomic mass is 79.9. The van der Waals surface area contributed by atoms with Crippen molar-refractivity contribution in [3.63, 3.8) is 0 Å². The molecule has 0 spiro atoms. The van der Waals surface area contributed by atoms with Gasteiger partial charge in [0, 0.05) is 10.2 Å². The molecule has 3 aromatic carbocycles. The highest BCUT2D eigenvalue weighted by Crippen LogP contribution is 2.24. The normalized spacial score (nSPS) is 11.2. The molecule has 0 saturated carbocycles. The maximum atomic E-state index is 12.5. The summed E-state index contributed by atoms with van der Waals surface area (Å²) in [4.78, 5) is 0.221. The Kier molecular flexibility index (Phi) is 5.02. The highest BCUT2D eigenvalue weighted by molar-refractivity contribution is 9.10. The number of hydrogen-bond acceptors (Lipinski definition) is 2. The maximum Gasteiger partial charge on any atom is 0.263 e. The number of halogens is 1. The Bertz CT molecular complexity index is 923. The molecule has 3 nitrogen and oxygen atoms in total. The maximum absolute atomic E-state index is 12.5. The predicted molar refractivity (Wildman–Crippen MR) is 101 cm³/mol. The molecule has 122 valence electrons. The van der Waals surface area contributed by atoms with E-state index >= 15 is 0 Å². The molecule has 0 saturated heterocycles. The Morgan fingerprint density at radius 1 is 0.750 bits per heavy atom. The van der Waals surface area contributed by atoms with Gasteiger partial charge in [-0.3, -0.25) is 4.72 Å². The summed E-state index contributed by atoms with van der Waals surface area (Å²) in [5, 5.41) is 0. The van der Waals surface area contributed by atoms with E-state index in [1.54, 1.807) is 36.4 Å². The molecule has 0 aliphatic heterocycles. The monoisotopic (exact) mass is 401 g/mol. The summed E-state index contributed by atoms with van der Waals surface area (Å²) in [6.45, 7) is 0.